The molecule has 5 nitrogen and oxygen atoms in total. The first-order valence-electron chi connectivity index (χ1n) is 11.3. The van der Waals surface area contributed by atoms with Crippen molar-refractivity contribution in [2.24, 2.45) is 23.7 Å². The fourth-order valence-electron chi connectivity index (χ4n) is 5.84. The number of piperidine rings is 1. The fourth-order valence-corrected chi connectivity index (χ4v) is 5.84. The van der Waals surface area contributed by atoms with Gasteiger partial charge in [-0.25, -0.2) is 0 Å². The molecule has 5 atom stereocenters. The third kappa shape index (κ3) is 4.35. The number of fused-ring (bicyclic) bond motifs is 2. The lowest BCUT2D eigenvalue weighted by Crippen LogP contribution is -2.59. The number of hydrogen-bond acceptors (Lipinski definition) is 5. The summed E-state index contributed by atoms with van der Waals surface area (Å²) in [5.41, 5.74) is 0. The van der Waals surface area contributed by atoms with E-state index < -0.39 is 35.9 Å². The molecule has 1 heterocycles. The van der Waals surface area contributed by atoms with Gasteiger partial charge in [0.05, 0.1) is 12.7 Å². The number of alkyl halides is 3. The van der Waals surface area contributed by atoms with Crippen LogP contribution < -0.4 is 5.32 Å². The first-order chi connectivity index (χ1) is 14.3. The van der Waals surface area contributed by atoms with Crippen LogP contribution in [0.2, 0.25) is 0 Å². The molecule has 0 radical (unpaired) electrons. The van der Waals surface area contributed by atoms with Gasteiger partial charge >= 0.3 is 6.18 Å². The quantitative estimate of drug-likeness (QED) is 0.679. The summed E-state index contributed by atoms with van der Waals surface area (Å²) in [5.74, 6) is -3.72. The summed E-state index contributed by atoms with van der Waals surface area (Å²) in [6.45, 7) is -0.00435. The second-order valence-corrected chi connectivity index (χ2v) is 9.49. The number of Topliss-reactive ketones (excluding diaryl/α,β-unsaturated/α-hetero) is 3. The summed E-state index contributed by atoms with van der Waals surface area (Å²) >= 11 is 0. The lowest BCUT2D eigenvalue weighted by atomic mass is 9.71. The van der Waals surface area contributed by atoms with E-state index in [-0.39, 0.29) is 49.0 Å². The molecule has 4 rings (SSSR count). The topological polar surface area (TPSA) is 72.5 Å². The number of rotatable bonds is 5. The highest BCUT2D eigenvalue weighted by Crippen LogP contribution is 2.42. The third-order valence-electron chi connectivity index (χ3n) is 7.58. The summed E-state index contributed by atoms with van der Waals surface area (Å²) in [6.07, 6.45) is 2.09. The molecule has 1 N–H and O–H groups in total. The van der Waals surface area contributed by atoms with Crippen LogP contribution in [0.1, 0.15) is 64.2 Å². The average molecular weight is 429 g/mol. The number of ketones is 3. The van der Waals surface area contributed by atoms with Crippen LogP contribution >= 0.6 is 0 Å². The van der Waals surface area contributed by atoms with E-state index in [0.717, 1.165) is 32.1 Å². The Bertz CT molecular complexity index is 666. The predicted molar refractivity (Wildman–Crippen MR) is 102 cm³/mol. The van der Waals surface area contributed by atoms with E-state index in [9.17, 15) is 27.6 Å². The summed E-state index contributed by atoms with van der Waals surface area (Å²) in [4.78, 5) is 38.8. The molecule has 4 aliphatic rings. The van der Waals surface area contributed by atoms with Gasteiger partial charge in [0.2, 0.25) is 0 Å². The molecule has 4 fully saturated rings. The molecule has 0 amide bonds. The summed E-state index contributed by atoms with van der Waals surface area (Å²) in [5, 5.41) is 2.58. The second kappa shape index (κ2) is 8.69. The Morgan fingerprint density at radius 1 is 0.933 bits per heavy atom. The van der Waals surface area contributed by atoms with Gasteiger partial charge in [-0.3, -0.25) is 14.4 Å². The van der Waals surface area contributed by atoms with Gasteiger partial charge in [0.1, 0.15) is 12.0 Å². The van der Waals surface area contributed by atoms with Crippen LogP contribution in [0.15, 0.2) is 0 Å². The number of hydrogen-bond donors (Lipinski definition) is 1. The molecule has 0 aromatic carbocycles. The smallest absolute Gasteiger partial charge is 0.377 e. The fraction of sp³-hybridized carbons (Fsp3) is 0.864. The van der Waals surface area contributed by atoms with Gasteiger partial charge in [-0.05, 0) is 44.9 Å². The average Bonchev–Trinajstić information content (AvgIpc) is 3.18. The Hall–Kier alpha value is -1.28. The molecule has 2 bridgehead atoms. The van der Waals surface area contributed by atoms with Crippen molar-refractivity contribution in [3.05, 3.63) is 0 Å². The van der Waals surface area contributed by atoms with Crippen LogP contribution in [0.3, 0.4) is 0 Å². The monoisotopic (exact) mass is 429 g/mol. The molecule has 1 saturated heterocycles. The first kappa shape index (κ1) is 21.9. The van der Waals surface area contributed by atoms with Gasteiger partial charge < -0.3 is 10.1 Å². The van der Waals surface area contributed by atoms with Crippen molar-refractivity contribution in [2.75, 3.05) is 6.61 Å². The zero-order valence-corrected chi connectivity index (χ0v) is 17.1. The third-order valence-corrected chi connectivity index (χ3v) is 7.58. The van der Waals surface area contributed by atoms with E-state index in [1.807, 2.05) is 0 Å². The number of halogens is 3. The zero-order valence-electron chi connectivity index (χ0n) is 17.1. The van der Waals surface area contributed by atoms with E-state index in [4.69, 9.17) is 4.74 Å². The van der Waals surface area contributed by atoms with Crippen molar-refractivity contribution in [2.45, 2.75) is 88.6 Å². The molecule has 0 aromatic rings. The van der Waals surface area contributed by atoms with E-state index >= 15 is 0 Å². The second-order valence-electron chi connectivity index (χ2n) is 9.49. The highest BCUT2D eigenvalue weighted by atomic mass is 19.4. The normalized spacial score (nSPS) is 38.1. The Kier molecular flexibility index (Phi) is 6.35. The molecule has 0 spiro atoms. The minimum Gasteiger partial charge on any atom is -0.377 e. The van der Waals surface area contributed by atoms with Crippen molar-refractivity contribution < 1.29 is 32.3 Å². The molecule has 5 unspecified atom stereocenters. The van der Waals surface area contributed by atoms with Gasteiger partial charge in [-0.2, -0.15) is 13.2 Å². The largest absolute Gasteiger partial charge is 0.403 e. The molecule has 8 heteroatoms. The SMILES string of the molecule is O=C1C2CCC(C2)C(=O)C1C(=O)C1CCC(C(F)(F)F)NC1COC1CCCCC1. The van der Waals surface area contributed by atoms with E-state index in [1.165, 1.54) is 0 Å². The van der Waals surface area contributed by atoms with Crippen LogP contribution in [0.4, 0.5) is 13.2 Å². The first-order valence-corrected chi connectivity index (χ1v) is 11.3. The standard InChI is InChI=1S/C22H30F3NO4/c23-22(24,25)17-9-8-15(16(26-17)11-30-14-4-2-1-3-5-14)21(29)18-19(27)12-6-7-13(10-12)20(18)28/h12-18,26H,1-11H2. The van der Waals surface area contributed by atoms with Crippen LogP contribution in [-0.2, 0) is 19.1 Å². The van der Waals surface area contributed by atoms with Crippen LogP contribution in [0.5, 0.6) is 0 Å². The maximum atomic E-state index is 13.3. The molecule has 0 aromatic heterocycles. The highest BCUT2D eigenvalue weighted by Gasteiger charge is 2.53. The number of carbonyl (C=O) groups is 3. The maximum absolute atomic E-state index is 13.3. The highest BCUT2D eigenvalue weighted by molar-refractivity contribution is 6.22. The van der Waals surface area contributed by atoms with E-state index in [2.05, 4.69) is 5.32 Å². The minimum absolute atomic E-state index is 0.00338. The van der Waals surface area contributed by atoms with Crippen LogP contribution in [0.25, 0.3) is 0 Å². The Morgan fingerprint density at radius 2 is 1.57 bits per heavy atom. The molecule has 3 saturated carbocycles. The molecule has 168 valence electrons. The summed E-state index contributed by atoms with van der Waals surface area (Å²) in [6, 6.07) is -2.53. The summed E-state index contributed by atoms with van der Waals surface area (Å²) < 4.78 is 45.9. The van der Waals surface area contributed by atoms with Gasteiger partial charge in [0.15, 0.2) is 17.3 Å². The zero-order chi connectivity index (χ0) is 21.5. The van der Waals surface area contributed by atoms with Crippen molar-refractivity contribution in [3.63, 3.8) is 0 Å². The lowest BCUT2D eigenvalue weighted by Gasteiger charge is -2.39. The van der Waals surface area contributed by atoms with Gasteiger partial charge in [-0.1, -0.05) is 19.3 Å². The van der Waals surface area contributed by atoms with Crippen molar-refractivity contribution in [1.29, 1.82) is 0 Å². The molecule has 1 aliphatic heterocycles. The maximum Gasteiger partial charge on any atom is 0.403 e. The molecular formula is C22H30F3NO4. The Morgan fingerprint density at radius 3 is 2.17 bits per heavy atom. The van der Waals surface area contributed by atoms with E-state index in [1.54, 1.807) is 0 Å². The number of carbonyl (C=O) groups excluding carboxylic acids is 3. The van der Waals surface area contributed by atoms with Crippen LogP contribution in [-0.4, -0.2) is 48.3 Å². The summed E-state index contributed by atoms with van der Waals surface area (Å²) in [7, 11) is 0. The van der Waals surface area contributed by atoms with Crippen molar-refractivity contribution >= 4 is 17.3 Å². The van der Waals surface area contributed by atoms with E-state index in [0.29, 0.717) is 19.3 Å². The number of ether oxygens (including phenoxy) is 1. The predicted octanol–water partition coefficient (Wildman–Crippen LogP) is 3.39. The Labute approximate surface area is 174 Å². The molecule has 3 aliphatic carbocycles. The number of nitrogens with one attached hydrogen (secondary N) is 1. The van der Waals surface area contributed by atoms with Crippen LogP contribution in [0, 0.1) is 23.7 Å². The lowest BCUT2D eigenvalue weighted by molar-refractivity contribution is -0.171. The van der Waals surface area contributed by atoms with Crippen molar-refractivity contribution in [3.8, 4) is 0 Å². The van der Waals surface area contributed by atoms with Gasteiger partial charge in [-0.15, -0.1) is 0 Å². The molecule has 30 heavy (non-hydrogen) atoms. The molecular weight excluding hydrogens is 399 g/mol. The van der Waals surface area contributed by atoms with Gasteiger partial charge in [0.25, 0.3) is 0 Å². The Balaban J connectivity index is 1.49. The van der Waals surface area contributed by atoms with Gasteiger partial charge in [0, 0.05) is 23.8 Å². The van der Waals surface area contributed by atoms with Crippen molar-refractivity contribution in [1.82, 2.24) is 5.32 Å². The minimum atomic E-state index is -4.41.